The summed E-state index contributed by atoms with van der Waals surface area (Å²) >= 11 is 7.86. The Kier molecular flexibility index (Phi) is 5.39. The fourth-order valence-electron chi connectivity index (χ4n) is 2.71. The minimum atomic E-state index is -0.460. The molecule has 0 bridgehead atoms. The lowest BCUT2D eigenvalue weighted by molar-refractivity contribution is 0.0289. The fourth-order valence-corrected chi connectivity index (χ4v) is 4.00. The molecule has 134 valence electrons. The maximum atomic E-state index is 12.1. The van der Waals surface area contributed by atoms with Gasteiger partial charge in [0.2, 0.25) is 0 Å². The molecule has 1 aromatic carbocycles. The number of likely N-dealkylation sites (tertiary alicyclic amines) is 1. The normalized spacial score (nSPS) is 17.9. The number of aromatic nitrogens is 2. The van der Waals surface area contributed by atoms with E-state index in [2.05, 4.69) is 9.97 Å². The minimum Gasteiger partial charge on any atom is -0.444 e. The number of hydrogen-bond donors (Lipinski definition) is 0. The molecule has 25 heavy (non-hydrogen) atoms. The SMILES string of the molecule is CC(C)(C)OC(=O)N1CCC(CSc2nc3ccccc3nc2Cl)C1. The second-order valence-corrected chi connectivity index (χ2v) is 8.57. The first-order valence-electron chi connectivity index (χ1n) is 8.35. The lowest BCUT2D eigenvalue weighted by Crippen LogP contribution is -2.35. The highest BCUT2D eigenvalue weighted by molar-refractivity contribution is 7.99. The van der Waals surface area contributed by atoms with Crippen LogP contribution in [-0.2, 0) is 4.74 Å². The number of rotatable bonds is 3. The molecule has 0 saturated carbocycles. The summed E-state index contributed by atoms with van der Waals surface area (Å²) in [5.74, 6) is 1.26. The van der Waals surface area contributed by atoms with E-state index in [0.29, 0.717) is 17.6 Å². The van der Waals surface area contributed by atoms with Crippen molar-refractivity contribution >= 4 is 40.5 Å². The van der Waals surface area contributed by atoms with E-state index < -0.39 is 5.60 Å². The van der Waals surface area contributed by atoms with Crippen molar-refractivity contribution in [3.63, 3.8) is 0 Å². The van der Waals surface area contributed by atoms with E-state index in [1.54, 1.807) is 16.7 Å². The topological polar surface area (TPSA) is 55.3 Å². The molecule has 1 aromatic heterocycles. The van der Waals surface area contributed by atoms with Gasteiger partial charge in [-0.1, -0.05) is 23.7 Å². The summed E-state index contributed by atoms with van der Waals surface area (Å²) in [7, 11) is 0. The van der Waals surface area contributed by atoms with Crippen LogP contribution in [0.3, 0.4) is 0 Å². The van der Waals surface area contributed by atoms with E-state index in [0.717, 1.165) is 34.8 Å². The van der Waals surface area contributed by atoms with Crippen LogP contribution in [0.15, 0.2) is 29.3 Å². The third kappa shape index (κ3) is 4.76. The first-order chi connectivity index (χ1) is 11.8. The van der Waals surface area contributed by atoms with Crippen LogP contribution >= 0.6 is 23.4 Å². The number of halogens is 1. The van der Waals surface area contributed by atoms with Crippen LogP contribution < -0.4 is 0 Å². The summed E-state index contributed by atoms with van der Waals surface area (Å²) in [6.07, 6.45) is 0.730. The summed E-state index contributed by atoms with van der Waals surface area (Å²) in [6, 6.07) is 7.69. The Morgan fingerprint density at radius 1 is 1.32 bits per heavy atom. The smallest absolute Gasteiger partial charge is 0.410 e. The van der Waals surface area contributed by atoms with Gasteiger partial charge in [-0.3, -0.25) is 0 Å². The molecule has 0 spiro atoms. The van der Waals surface area contributed by atoms with Crippen molar-refractivity contribution in [2.45, 2.75) is 37.8 Å². The molecule has 2 heterocycles. The number of carbonyl (C=O) groups is 1. The van der Waals surface area contributed by atoms with Crippen LogP contribution in [0.5, 0.6) is 0 Å². The number of benzene rings is 1. The first-order valence-corrected chi connectivity index (χ1v) is 9.71. The average molecular weight is 380 g/mol. The molecule has 1 aliphatic heterocycles. The van der Waals surface area contributed by atoms with Crippen LogP contribution in [0.1, 0.15) is 27.2 Å². The predicted molar refractivity (Wildman–Crippen MR) is 101 cm³/mol. The van der Waals surface area contributed by atoms with Crippen molar-refractivity contribution in [3.05, 3.63) is 29.4 Å². The Hall–Kier alpha value is -1.53. The molecular weight excluding hydrogens is 358 g/mol. The molecule has 1 amide bonds. The third-order valence-corrected chi connectivity index (χ3v) is 5.46. The van der Waals surface area contributed by atoms with Crippen LogP contribution in [0.4, 0.5) is 4.79 Å². The Morgan fingerprint density at radius 3 is 2.68 bits per heavy atom. The van der Waals surface area contributed by atoms with Crippen molar-refractivity contribution in [1.82, 2.24) is 14.9 Å². The Bertz CT molecular complexity index is 778. The van der Waals surface area contributed by atoms with Gasteiger partial charge in [0.15, 0.2) is 5.15 Å². The van der Waals surface area contributed by atoms with E-state index in [4.69, 9.17) is 16.3 Å². The monoisotopic (exact) mass is 379 g/mol. The molecule has 2 aromatic rings. The second-order valence-electron chi connectivity index (χ2n) is 7.20. The van der Waals surface area contributed by atoms with Gasteiger partial charge in [0.25, 0.3) is 0 Å². The number of ether oxygens (including phenoxy) is 1. The maximum Gasteiger partial charge on any atom is 0.410 e. The second kappa shape index (κ2) is 7.38. The molecule has 5 nitrogen and oxygen atoms in total. The lowest BCUT2D eigenvalue weighted by Gasteiger charge is -2.24. The quantitative estimate of drug-likeness (QED) is 0.727. The summed E-state index contributed by atoms with van der Waals surface area (Å²) in [4.78, 5) is 22.9. The van der Waals surface area contributed by atoms with Crippen molar-refractivity contribution in [2.24, 2.45) is 5.92 Å². The molecule has 1 aliphatic rings. The number of para-hydroxylation sites is 2. The van der Waals surface area contributed by atoms with Crippen LogP contribution in [0.2, 0.25) is 5.15 Å². The molecule has 1 atom stereocenters. The highest BCUT2D eigenvalue weighted by Gasteiger charge is 2.30. The predicted octanol–water partition coefficient (Wildman–Crippen LogP) is 4.63. The van der Waals surface area contributed by atoms with Gasteiger partial charge in [-0.05, 0) is 45.2 Å². The van der Waals surface area contributed by atoms with Gasteiger partial charge < -0.3 is 9.64 Å². The van der Waals surface area contributed by atoms with Crippen molar-refractivity contribution < 1.29 is 9.53 Å². The van der Waals surface area contributed by atoms with Gasteiger partial charge in [-0.15, -0.1) is 11.8 Å². The Balaban J connectivity index is 1.58. The maximum absolute atomic E-state index is 12.1. The van der Waals surface area contributed by atoms with E-state index in [1.807, 2.05) is 45.0 Å². The third-order valence-electron chi connectivity index (χ3n) is 3.89. The van der Waals surface area contributed by atoms with E-state index in [-0.39, 0.29) is 6.09 Å². The zero-order chi connectivity index (χ0) is 18.0. The van der Waals surface area contributed by atoms with E-state index in [1.165, 1.54) is 0 Å². The van der Waals surface area contributed by atoms with Gasteiger partial charge >= 0.3 is 6.09 Å². The largest absolute Gasteiger partial charge is 0.444 e. The standard InChI is InChI=1S/C18H22ClN3O2S/c1-18(2,3)24-17(23)22-9-8-12(10-22)11-25-16-15(19)20-13-6-4-5-7-14(13)21-16/h4-7,12H,8-11H2,1-3H3. The number of hydrogen-bond acceptors (Lipinski definition) is 5. The fraction of sp³-hybridized carbons (Fsp3) is 0.500. The van der Waals surface area contributed by atoms with Gasteiger partial charge in [0, 0.05) is 18.8 Å². The van der Waals surface area contributed by atoms with E-state index in [9.17, 15) is 4.79 Å². The highest BCUT2D eigenvalue weighted by Crippen LogP contribution is 2.30. The summed E-state index contributed by atoms with van der Waals surface area (Å²) < 4.78 is 5.44. The number of carbonyl (C=O) groups excluding carboxylic acids is 1. The minimum absolute atomic E-state index is 0.233. The van der Waals surface area contributed by atoms with Gasteiger partial charge in [-0.2, -0.15) is 0 Å². The van der Waals surface area contributed by atoms with Gasteiger partial charge in [-0.25, -0.2) is 14.8 Å². The molecular formula is C18H22ClN3O2S. The molecule has 3 rings (SSSR count). The molecule has 0 N–H and O–H groups in total. The van der Waals surface area contributed by atoms with Crippen LogP contribution in [-0.4, -0.2) is 45.4 Å². The van der Waals surface area contributed by atoms with Gasteiger partial charge in [0.05, 0.1) is 11.0 Å². The van der Waals surface area contributed by atoms with E-state index >= 15 is 0 Å². The molecule has 7 heteroatoms. The summed E-state index contributed by atoms with van der Waals surface area (Å²) in [6.45, 7) is 7.09. The zero-order valence-corrected chi connectivity index (χ0v) is 16.2. The average Bonchev–Trinajstić information content (AvgIpc) is 3.00. The van der Waals surface area contributed by atoms with Gasteiger partial charge in [0.1, 0.15) is 10.6 Å². The number of nitrogens with zero attached hydrogens (tertiary/aromatic N) is 3. The van der Waals surface area contributed by atoms with Crippen molar-refractivity contribution in [2.75, 3.05) is 18.8 Å². The van der Waals surface area contributed by atoms with Crippen LogP contribution in [0.25, 0.3) is 11.0 Å². The van der Waals surface area contributed by atoms with Crippen molar-refractivity contribution in [3.8, 4) is 0 Å². The molecule has 0 aliphatic carbocycles. The number of thioether (sulfide) groups is 1. The zero-order valence-electron chi connectivity index (χ0n) is 14.7. The Labute approximate surface area is 157 Å². The Morgan fingerprint density at radius 2 is 2.00 bits per heavy atom. The molecule has 1 saturated heterocycles. The molecule has 1 unspecified atom stereocenters. The summed E-state index contributed by atoms with van der Waals surface area (Å²) in [5, 5.41) is 1.18. The lowest BCUT2D eigenvalue weighted by atomic mass is 10.2. The first kappa shape index (κ1) is 18.3. The van der Waals surface area contributed by atoms with Crippen LogP contribution in [0, 0.1) is 5.92 Å². The molecule has 1 fully saturated rings. The highest BCUT2D eigenvalue weighted by atomic mass is 35.5. The van der Waals surface area contributed by atoms with Crippen molar-refractivity contribution in [1.29, 1.82) is 0 Å². The number of amides is 1. The summed E-state index contributed by atoms with van der Waals surface area (Å²) in [5.41, 5.74) is 1.18. The number of fused-ring (bicyclic) bond motifs is 1. The molecule has 0 radical (unpaired) electrons.